The normalized spacial score (nSPS) is 13.3. The van der Waals surface area contributed by atoms with Gasteiger partial charge in [0.2, 0.25) is 10.0 Å². The predicted molar refractivity (Wildman–Crippen MR) is 98.2 cm³/mol. The third-order valence-corrected chi connectivity index (χ3v) is 6.67. The summed E-state index contributed by atoms with van der Waals surface area (Å²) < 4.78 is 28.2. The van der Waals surface area contributed by atoms with Crippen molar-refractivity contribution < 1.29 is 8.42 Å². The molecule has 1 atom stereocenters. The zero-order valence-corrected chi connectivity index (χ0v) is 16.2. The Morgan fingerprint density at radius 1 is 1.12 bits per heavy atom. The average Bonchev–Trinajstić information content (AvgIpc) is 3.19. The van der Waals surface area contributed by atoms with Gasteiger partial charge in [-0.25, -0.2) is 13.1 Å². The number of rotatable bonds is 6. The van der Waals surface area contributed by atoms with Gasteiger partial charge in [0.1, 0.15) is 5.69 Å². The second kappa shape index (κ2) is 6.74. The molecule has 0 aliphatic carbocycles. The molecule has 0 aliphatic heterocycles. The van der Waals surface area contributed by atoms with Gasteiger partial charge in [-0.3, -0.25) is 10.2 Å². The molecule has 0 saturated carbocycles. The molecule has 0 bridgehead atoms. The van der Waals surface area contributed by atoms with E-state index in [-0.39, 0.29) is 6.04 Å². The smallest absolute Gasteiger partial charge is 0.241 e. The Hall–Kier alpha value is -1.97. The third kappa shape index (κ3) is 4.00. The highest BCUT2D eigenvalue weighted by Crippen LogP contribution is 2.32. The number of sulfonamides is 1. The van der Waals surface area contributed by atoms with Crippen molar-refractivity contribution in [1.29, 1.82) is 0 Å². The van der Waals surface area contributed by atoms with Crippen LogP contribution in [0.25, 0.3) is 10.6 Å². The van der Waals surface area contributed by atoms with Crippen LogP contribution in [0.3, 0.4) is 0 Å². The first-order chi connectivity index (χ1) is 11.7. The highest BCUT2D eigenvalue weighted by Gasteiger charge is 2.23. The van der Waals surface area contributed by atoms with Crippen LogP contribution in [-0.4, -0.2) is 34.9 Å². The minimum absolute atomic E-state index is 0.261. The highest BCUT2D eigenvalue weighted by atomic mass is 32.2. The number of hydrogen-bond donors (Lipinski definition) is 3. The van der Waals surface area contributed by atoms with Crippen molar-refractivity contribution in [3.8, 4) is 10.6 Å². The largest absolute Gasteiger partial charge is 0.283 e. The van der Waals surface area contributed by atoms with Crippen molar-refractivity contribution in [2.45, 2.75) is 45.1 Å². The number of hydrogen-bond acceptors (Lipinski definition) is 5. The van der Waals surface area contributed by atoms with Crippen LogP contribution in [0, 0.1) is 20.8 Å². The molecule has 0 aromatic carbocycles. The molecule has 0 amide bonds. The minimum atomic E-state index is -3.60. The fraction of sp³-hybridized carbons (Fsp3) is 0.375. The van der Waals surface area contributed by atoms with Crippen LogP contribution < -0.4 is 4.72 Å². The molecule has 3 rings (SSSR count). The first kappa shape index (κ1) is 17.8. The van der Waals surface area contributed by atoms with Crippen molar-refractivity contribution in [2.24, 2.45) is 0 Å². The molecule has 7 nitrogen and oxygen atoms in total. The Kier molecular flexibility index (Phi) is 4.81. The Labute approximate surface area is 150 Å². The van der Waals surface area contributed by atoms with Crippen molar-refractivity contribution in [3.63, 3.8) is 0 Å². The van der Waals surface area contributed by atoms with Gasteiger partial charge in [0.15, 0.2) is 0 Å². The summed E-state index contributed by atoms with van der Waals surface area (Å²) in [5.41, 5.74) is 3.48. The molecular weight excluding hydrogens is 358 g/mol. The summed E-state index contributed by atoms with van der Waals surface area (Å²) in [7, 11) is -3.60. The van der Waals surface area contributed by atoms with E-state index in [0.29, 0.717) is 11.3 Å². The molecule has 3 heterocycles. The highest BCUT2D eigenvalue weighted by molar-refractivity contribution is 7.89. The monoisotopic (exact) mass is 379 g/mol. The molecule has 0 saturated heterocycles. The van der Waals surface area contributed by atoms with Gasteiger partial charge in [-0.2, -0.15) is 10.2 Å². The van der Waals surface area contributed by atoms with Crippen molar-refractivity contribution in [1.82, 2.24) is 25.1 Å². The van der Waals surface area contributed by atoms with Crippen molar-refractivity contribution in [3.05, 3.63) is 40.2 Å². The van der Waals surface area contributed by atoms with Gasteiger partial charge in [-0.1, -0.05) is 0 Å². The van der Waals surface area contributed by atoms with E-state index in [4.69, 9.17) is 0 Å². The second-order valence-electron chi connectivity index (χ2n) is 6.24. The van der Waals surface area contributed by atoms with Gasteiger partial charge in [0.05, 0.1) is 15.5 Å². The Morgan fingerprint density at radius 2 is 1.80 bits per heavy atom. The van der Waals surface area contributed by atoms with Crippen molar-refractivity contribution in [2.75, 3.05) is 0 Å². The summed E-state index contributed by atoms with van der Waals surface area (Å²) in [6.45, 7) is 7.47. The number of nitrogens with one attached hydrogen (secondary N) is 3. The van der Waals surface area contributed by atoms with E-state index < -0.39 is 10.0 Å². The van der Waals surface area contributed by atoms with Crippen molar-refractivity contribution >= 4 is 21.4 Å². The fourth-order valence-corrected chi connectivity index (χ4v) is 5.46. The maximum absolute atomic E-state index is 12.7. The maximum atomic E-state index is 12.7. The molecule has 0 fully saturated rings. The zero-order chi connectivity index (χ0) is 18.2. The third-order valence-electron chi connectivity index (χ3n) is 3.75. The number of aryl methyl sites for hydroxylation is 3. The van der Waals surface area contributed by atoms with E-state index in [2.05, 4.69) is 25.1 Å². The van der Waals surface area contributed by atoms with E-state index in [1.54, 1.807) is 6.07 Å². The Bertz CT molecular complexity index is 984. The molecule has 3 aromatic rings. The summed E-state index contributed by atoms with van der Waals surface area (Å²) in [6.07, 6.45) is 0.526. The summed E-state index contributed by atoms with van der Waals surface area (Å²) in [6, 6.07) is 5.24. The molecule has 0 aliphatic rings. The molecule has 25 heavy (non-hydrogen) atoms. The van der Waals surface area contributed by atoms with Crippen LogP contribution in [0.4, 0.5) is 0 Å². The SMILES string of the molecule is Cc1cc(CC(C)NS(=O)(=O)c2cc(-c3cc(C)[nH]n3)sc2C)n[nH]1. The molecule has 0 radical (unpaired) electrons. The topological polar surface area (TPSA) is 104 Å². The number of H-pyrrole nitrogens is 2. The Morgan fingerprint density at radius 3 is 2.40 bits per heavy atom. The van der Waals surface area contributed by atoms with Crippen LogP contribution in [0.2, 0.25) is 0 Å². The van der Waals surface area contributed by atoms with Gasteiger partial charge < -0.3 is 0 Å². The number of aromatic nitrogens is 4. The number of nitrogens with zero attached hydrogens (tertiary/aromatic N) is 2. The van der Waals surface area contributed by atoms with E-state index >= 15 is 0 Å². The zero-order valence-electron chi connectivity index (χ0n) is 14.5. The van der Waals surface area contributed by atoms with E-state index in [0.717, 1.165) is 32.5 Å². The lowest BCUT2D eigenvalue weighted by Gasteiger charge is -2.12. The van der Waals surface area contributed by atoms with Crippen LogP contribution in [-0.2, 0) is 16.4 Å². The molecular formula is C16H21N5O2S2. The second-order valence-corrected chi connectivity index (χ2v) is 9.17. The first-order valence-corrected chi connectivity index (χ1v) is 10.2. The number of aromatic amines is 2. The average molecular weight is 380 g/mol. The summed E-state index contributed by atoms with van der Waals surface area (Å²) in [5, 5.41) is 14.1. The lowest BCUT2D eigenvalue weighted by Crippen LogP contribution is -2.34. The van der Waals surface area contributed by atoms with Gasteiger partial charge in [0.25, 0.3) is 0 Å². The summed E-state index contributed by atoms with van der Waals surface area (Å²) in [5.74, 6) is 0. The molecule has 3 aromatic heterocycles. The molecule has 0 spiro atoms. The van der Waals surface area contributed by atoms with Crippen LogP contribution in [0.1, 0.15) is 28.9 Å². The predicted octanol–water partition coefficient (Wildman–Crippen LogP) is 2.70. The van der Waals surface area contributed by atoms with E-state index in [9.17, 15) is 8.42 Å². The van der Waals surface area contributed by atoms with Gasteiger partial charge in [0, 0.05) is 28.7 Å². The van der Waals surface area contributed by atoms with E-state index in [1.165, 1.54) is 11.3 Å². The van der Waals surface area contributed by atoms with Crippen LogP contribution >= 0.6 is 11.3 Å². The molecule has 134 valence electrons. The van der Waals surface area contributed by atoms with Crippen LogP contribution in [0.5, 0.6) is 0 Å². The Balaban J connectivity index is 1.78. The molecule has 1 unspecified atom stereocenters. The quantitative estimate of drug-likeness (QED) is 0.612. The van der Waals surface area contributed by atoms with Crippen LogP contribution in [0.15, 0.2) is 23.1 Å². The molecule has 3 N–H and O–H groups in total. The lowest BCUT2D eigenvalue weighted by atomic mass is 10.2. The van der Waals surface area contributed by atoms with Gasteiger partial charge in [-0.15, -0.1) is 11.3 Å². The van der Waals surface area contributed by atoms with Gasteiger partial charge >= 0.3 is 0 Å². The minimum Gasteiger partial charge on any atom is -0.283 e. The molecule has 9 heteroatoms. The maximum Gasteiger partial charge on any atom is 0.241 e. The standard InChI is InChI=1S/C16H21N5O2S2/c1-9-5-13(19-17-9)6-11(3)21-25(22,23)16-8-15(24-12(16)4)14-7-10(2)18-20-14/h5,7-8,11,21H,6H2,1-4H3,(H,17,19)(H,18,20). The number of thiophene rings is 1. The first-order valence-electron chi connectivity index (χ1n) is 7.90. The lowest BCUT2D eigenvalue weighted by molar-refractivity contribution is 0.558. The summed E-state index contributed by atoms with van der Waals surface area (Å²) >= 11 is 1.42. The van der Waals surface area contributed by atoms with Gasteiger partial charge in [-0.05, 0) is 45.9 Å². The van der Waals surface area contributed by atoms with E-state index in [1.807, 2.05) is 39.8 Å². The fourth-order valence-electron chi connectivity index (χ4n) is 2.67. The summed E-state index contributed by atoms with van der Waals surface area (Å²) in [4.78, 5) is 1.88.